The normalized spacial score (nSPS) is 17.1. The van der Waals surface area contributed by atoms with Crippen LogP contribution in [0.4, 0.5) is 0 Å². The molecule has 0 spiro atoms. The molecule has 2 heterocycles. The maximum atomic E-state index is 12.6. The minimum Gasteiger partial charge on any atom is -0.364 e. The van der Waals surface area contributed by atoms with Crippen LogP contribution in [0.5, 0.6) is 0 Å². The lowest BCUT2D eigenvalue weighted by atomic mass is 9.97. The van der Waals surface area contributed by atoms with Gasteiger partial charge in [-0.2, -0.15) is 4.31 Å². The average molecular weight is 434 g/mol. The van der Waals surface area contributed by atoms with Crippen molar-refractivity contribution in [2.75, 3.05) is 39.3 Å². The molecule has 9 heteroatoms. The zero-order valence-corrected chi connectivity index (χ0v) is 18.5. The summed E-state index contributed by atoms with van der Waals surface area (Å²) < 4.78 is 31.6. The van der Waals surface area contributed by atoms with E-state index in [-0.39, 0.29) is 5.75 Å². The Morgan fingerprint density at radius 1 is 1.17 bits per heavy atom. The van der Waals surface area contributed by atoms with Crippen LogP contribution in [0.25, 0.3) is 0 Å². The Labute approximate surface area is 179 Å². The van der Waals surface area contributed by atoms with Gasteiger partial charge in [0.15, 0.2) is 5.96 Å². The summed E-state index contributed by atoms with van der Waals surface area (Å²) in [4.78, 5) is 7.02. The van der Waals surface area contributed by atoms with Crippen molar-refractivity contribution < 1.29 is 12.9 Å². The summed E-state index contributed by atoms with van der Waals surface area (Å²) in [7, 11) is -3.41. The Hall–Kier alpha value is -2.39. The SMILES string of the molecule is CCNC(=NCC(CC)c1ccccc1)N1CCN(S(=O)(=O)Cc2ccon2)CC1. The van der Waals surface area contributed by atoms with Crippen molar-refractivity contribution in [3.63, 3.8) is 0 Å². The molecule has 30 heavy (non-hydrogen) atoms. The van der Waals surface area contributed by atoms with Crippen LogP contribution in [0.2, 0.25) is 0 Å². The molecule has 1 aliphatic rings. The molecule has 1 fully saturated rings. The van der Waals surface area contributed by atoms with Gasteiger partial charge in [-0.25, -0.2) is 8.42 Å². The molecule has 1 atom stereocenters. The van der Waals surface area contributed by atoms with E-state index in [1.807, 2.05) is 13.0 Å². The fraction of sp³-hybridized carbons (Fsp3) is 0.524. The number of benzene rings is 1. The maximum Gasteiger partial charge on any atom is 0.220 e. The van der Waals surface area contributed by atoms with Crippen LogP contribution in [0.1, 0.15) is 37.4 Å². The van der Waals surface area contributed by atoms with Crippen LogP contribution in [0.15, 0.2) is 52.2 Å². The Morgan fingerprint density at radius 3 is 2.50 bits per heavy atom. The summed E-state index contributed by atoms with van der Waals surface area (Å²) in [6.45, 7) is 7.76. The topological polar surface area (TPSA) is 91.0 Å². The molecule has 1 saturated heterocycles. The fourth-order valence-corrected chi connectivity index (χ4v) is 5.01. The van der Waals surface area contributed by atoms with Gasteiger partial charge in [0.05, 0.1) is 5.69 Å². The molecule has 8 nitrogen and oxygen atoms in total. The van der Waals surface area contributed by atoms with Crippen molar-refractivity contribution >= 4 is 16.0 Å². The van der Waals surface area contributed by atoms with Crippen LogP contribution < -0.4 is 5.32 Å². The molecular weight excluding hydrogens is 402 g/mol. The molecule has 0 saturated carbocycles. The highest BCUT2D eigenvalue weighted by atomic mass is 32.2. The molecule has 1 aromatic heterocycles. The van der Waals surface area contributed by atoms with Gasteiger partial charge in [0.1, 0.15) is 12.0 Å². The predicted molar refractivity (Wildman–Crippen MR) is 118 cm³/mol. The number of sulfonamides is 1. The molecule has 1 N–H and O–H groups in total. The van der Waals surface area contributed by atoms with Crippen molar-refractivity contribution in [2.24, 2.45) is 4.99 Å². The van der Waals surface area contributed by atoms with Crippen molar-refractivity contribution in [1.29, 1.82) is 0 Å². The Balaban J connectivity index is 1.61. The fourth-order valence-electron chi connectivity index (χ4n) is 3.59. The predicted octanol–water partition coefficient (Wildman–Crippen LogP) is 2.28. The zero-order chi connectivity index (χ0) is 21.4. The molecule has 1 aromatic carbocycles. The van der Waals surface area contributed by atoms with Crippen LogP contribution in [0.3, 0.4) is 0 Å². The number of nitrogens with zero attached hydrogens (tertiary/aromatic N) is 4. The molecular formula is C21H31N5O3S. The second-order valence-corrected chi connectivity index (χ2v) is 9.31. The lowest BCUT2D eigenvalue weighted by Crippen LogP contribution is -2.54. The van der Waals surface area contributed by atoms with Crippen LogP contribution >= 0.6 is 0 Å². The number of hydrogen-bond acceptors (Lipinski definition) is 5. The molecule has 0 amide bonds. The molecule has 1 aliphatic heterocycles. The summed E-state index contributed by atoms with van der Waals surface area (Å²) in [6, 6.07) is 12.0. The number of piperazine rings is 1. The zero-order valence-electron chi connectivity index (χ0n) is 17.7. The third-order valence-corrected chi connectivity index (χ3v) is 7.13. The first-order chi connectivity index (χ1) is 14.5. The maximum absolute atomic E-state index is 12.6. The van der Waals surface area contributed by atoms with Gasteiger partial charge < -0.3 is 14.7 Å². The van der Waals surface area contributed by atoms with E-state index >= 15 is 0 Å². The first-order valence-electron chi connectivity index (χ1n) is 10.5. The molecule has 0 radical (unpaired) electrons. The standard InChI is InChI=1S/C21H31N5O3S/c1-3-18(19-8-6-5-7-9-19)16-23-21(22-4-2)25-11-13-26(14-12-25)30(27,28)17-20-10-15-29-24-20/h5-10,15,18H,3-4,11-14,16-17H2,1-2H3,(H,22,23). The third kappa shape index (κ3) is 5.82. The summed E-state index contributed by atoms with van der Waals surface area (Å²) in [5, 5.41) is 7.08. The minimum absolute atomic E-state index is 0.132. The summed E-state index contributed by atoms with van der Waals surface area (Å²) >= 11 is 0. The van der Waals surface area contributed by atoms with Crippen molar-refractivity contribution in [2.45, 2.75) is 31.9 Å². The van der Waals surface area contributed by atoms with Gasteiger partial charge >= 0.3 is 0 Å². The van der Waals surface area contributed by atoms with Gasteiger partial charge in [-0.3, -0.25) is 4.99 Å². The Kier molecular flexibility index (Phi) is 7.87. The van der Waals surface area contributed by atoms with Crippen molar-refractivity contribution in [3.05, 3.63) is 53.9 Å². The van der Waals surface area contributed by atoms with Gasteiger partial charge in [0, 0.05) is 51.3 Å². The van der Waals surface area contributed by atoms with E-state index < -0.39 is 10.0 Å². The highest BCUT2D eigenvalue weighted by Crippen LogP contribution is 2.20. The second-order valence-electron chi connectivity index (χ2n) is 7.34. The molecule has 3 rings (SSSR count). The second kappa shape index (κ2) is 10.6. The summed E-state index contributed by atoms with van der Waals surface area (Å²) in [5.41, 5.74) is 1.72. The molecule has 164 valence electrons. The molecule has 0 aliphatic carbocycles. The highest BCUT2D eigenvalue weighted by Gasteiger charge is 2.29. The van der Waals surface area contributed by atoms with E-state index in [2.05, 4.69) is 46.6 Å². The van der Waals surface area contributed by atoms with E-state index in [4.69, 9.17) is 9.52 Å². The van der Waals surface area contributed by atoms with Gasteiger partial charge in [0.2, 0.25) is 10.0 Å². The van der Waals surface area contributed by atoms with E-state index in [0.29, 0.717) is 44.3 Å². The number of nitrogens with one attached hydrogen (secondary N) is 1. The van der Waals surface area contributed by atoms with E-state index in [1.54, 1.807) is 6.07 Å². The van der Waals surface area contributed by atoms with E-state index in [0.717, 1.165) is 18.9 Å². The summed E-state index contributed by atoms with van der Waals surface area (Å²) in [6.07, 6.45) is 2.40. The van der Waals surface area contributed by atoms with Crippen molar-refractivity contribution in [3.8, 4) is 0 Å². The van der Waals surface area contributed by atoms with Gasteiger partial charge in [-0.05, 0) is 18.9 Å². The Morgan fingerprint density at radius 2 is 1.90 bits per heavy atom. The first-order valence-corrected chi connectivity index (χ1v) is 12.1. The summed E-state index contributed by atoms with van der Waals surface area (Å²) in [5.74, 6) is 1.08. The van der Waals surface area contributed by atoms with Crippen LogP contribution in [-0.4, -0.2) is 68.0 Å². The number of aromatic nitrogens is 1. The quantitative estimate of drug-likeness (QED) is 0.507. The van der Waals surface area contributed by atoms with Crippen molar-refractivity contribution in [1.82, 2.24) is 19.7 Å². The largest absolute Gasteiger partial charge is 0.364 e. The van der Waals surface area contributed by atoms with Crippen LogP contribution in [-0.2, 0) is 15.8 Å². The lowest BCUT2D eigenvalue weighted by Gasteiger charge is -2.36. The van der Waals surface area contributed by atoms with Gasteiger partial charge in [-0.1, -0.05) is 42.4 Å². The smallest absolute Gasteiger partial charge is 0.220 e. The molecule has 0 bridgehead atoms. The number of hydrogen-bond donors (Lipinski definition) is 1. The van der Waals surface area contributed by atoms with Gasteiger partial charge in [0.25, 0.3) is 0 Å². The lowest BCUT2D eigenvalue weighted by molar-refractivity contribution is 0.259. The van der Waals surface area contributed by atoms with E-state index in [9.17, 15) is 8.42 Å². The number of rotatable bonds is 8. The molecule has 2 aromatic rings. The van der Waals surface area contributed by atoms with E-state index in [1.165, 1.54) is 16.1 Å². The number of aliphatic imine (C=N–C) groups is 1. The Bertz CT molecular complexity index is 892. The first kappa shape index (κ1) is 22.3. The number of guanidine groups is 1. The highest BCUT2D eigenvalue weighted by molar-refractivity contribution is 7.88. The van der Waals surface area contributed by atoms with Crippen LogP contribution in [0, 0.1) is 0 Å². The molecule has 1 unspecified atom stereocenters. The minimum atomic E-state index is -3.41. The van der Waals surface area contributed by atoms with Gasteiger partial charge in [-0.15, -0.1) is 0 Å². The average Bonchev–Trinajstić information content (AvgIpc) is 3.26. The third-order valence-electron chi connectivity index (χ3n) is 5.31. The monoisotopic (exact) mass is 433 g/mol.